The number of halogens is 1. The van der Waals surface area contributed by atoms with Crippen LogP contribution in [0.1, 0.15) is 0 Å². The van der Waals surface area contributed by atoms with Crippen molar-refractivity contribution in [2.75, 3.05) is 0 Å². The molecule has 5 nitrogen and oxygen atoms in total. The van der Waals surface area contributed by atoms with Gasteiger partial charge in [-0.15, -0.1) is 0 Å². The summed E-state index contributed by atoms with van der Waals surface area (Å²) in [4.78, 5) is 11.1. The third kappa shape index (κ3) is 4.57. The number of hydrogen-bond acceptors (Lipinski definition) is 4. The van der Waals surface area contributed by atoms with Gasteiger partial charge in [0.05, 0.1) is 0 Å². The molecule has 0 aliphatic carbocycles. The SMILES string of the molecule is NC(=O)O/C(N)=N/Sc1cccc(Cl)c1. The molecule has 0 saturated carbocycles. The van der Waals surface area contributed by atoms with Gasteiger partial charge in [0.1, 0.15) is 0 Å². The fourth-order valence-corrected chi connectivity index (χ4v) is 1.55. The lowest BCUT2D eigenvalue weighted by Crippen LogP contribution is -2.24. The standard InChI is InChI=1S/C8H8ClN3O2S/c9-5-2-1-3-6(4-5)15-12-7(10)14-8(11)13/h1-4H,(H2,10,12)(H2,11,13). The summed E-state index contributed by atoms with van der Waals surface area (Å²) >= 11 is 6.78. The number of nitrogens with zero attached hydrogens (tertiary/aromatic N) is 1. The maximum atomic E-state index is 10.3. The van der Waals surface area contributed by atoms with Gasteiger partial charge in [0.15, 0.2) is 0 Å². The van der Waals surface area contributed by atoms with Crippen LogP contribution < -0.4 is 11.5 Å². The Kier molecular flexibility index (Phi) is 4.26. The molecule has 0 unspecified atom stereocenters. The van der Waals surface area contributed by atoms with Crippen molar-refractivity contribution in [3.8, 4) is 0 Å². The first-order valence-electron chi connectivity index (χ1n) is 3.81. The van der Waals surface area contributed by atoms with E-state index in [1.807, 2.05) is 0 Å². The van der Waals surface area contributed by atoms with Crippen molar-refractivity contribution in [3.05, 3.63) is 29.3 Å². The van der Waals surface area contributed by atoms with Gasteiger partial charge in [-0.1, -0.05) is 17.7 Å². The lowest BCUT2D eigenvalue weighted by molar-refractivity contribution is 0.207. The van der Waals surface area contributed by atoms with Crippen LogP contribution in [0, 0.1) is 0 Å². The number of rotatable bonds is 2. The number of nitrogens with two attached hydrogens (primary N) is 2. The summed E-state index contributed by atoms with van der Waals surface area (Å²) in [6, 6.07) is 6.70. The van der Waals surface area contributed by atoms with Crippen molar-refractivity contribution in [1.29, 1.82) is 0 Å². The summed E-state index contributed by atoms with van der Waals surface area (Å²) in [6.07, 6.45) is -0.997. The second kappa shape index (κ2) is 5.47. The number of ether oxygens (including phenoxy) is 1. The zero-order chi connectivity index (χ0) is 11.3. The number of carbonyl (C=O) groups excluding carboxylic acids is 1. The van der Waals surface area contributed by atoms with E-state index in [2.05, 4.69) is 9.13 Å². The molecule has 7 heteroatoms. The van der Waals surface area contributed by atoms with Crippen LogP contribution in [0.15, 0.2) is 33.6 Å². The molecule has 0 fully saturated rings. The molecule has 0 saturated heterocycles. The van der Waals surface area contributed by atoms with E-state index in [1.54, 1.807) is 24.3 Å². The molecule has 1 rings (SSSR count). The summed E-state index contributed by atoms with van der Waals surface area (Å²) in [5.41, 5.74) is 9.97. The van der Waals surface area contributed by atoms with Crippen LogP contribution in [-0.2, 0) is 4.74 Å². The lowest BCUT2D eigenvalue weighted by Gasteiger charge is -1.98. The van der Waals surface area contributed by atoms with Crippen molar-refractivity contribution in [1.82, 2.24) is 0 Å². The van der Waals surface area contributed by atoms with Gasteiger partial charge >= 0.3 is 12.1 Å². The molecule has 15 heavy (non-hydrogen) atoms. The molecular weight excluding hydrogens is 238 g/mol. The Morgan fingerprint density at radius 3 is 2.80 bits per heavy atom. The second-order valence-electron chi connectivity index (χ2n) is 2.40. The minimum atomic E-state index is -0.997. The molecule has 1 aromatic rings. The highest BCUT2D eigenvalue weighted by molar-refractivity contribution is 7.98. The van der Waals surface area contributed by atoms with Crippen molar-refractivity contribution in [3.63, 3.8) is 0 Å². The van der Waals surface area contributed by atoms with Crippen LogP contribution in [0.4, 0.5) is 4.79 Å². The van der Waals surface area contributed by atoms with Gasteiger partial charge in [-0.3, -0.25) is 0 Å². The van der Waals surface area contributed by atoms with Crippen molar-refractivity contribution in [2.45, 2.75) is 4.90 Å². The first-order chi connectivity index (χ1) is 7.08. The number of primary amides is 1. The van der Waals surface area contributed by atoms with E-state index in [-0.39, 0.29) is 6.02 Å². The maximum Gasteiger partial charge on any atom is 0.412 e. The summed E-state index contributed by atoms with van der Waals surface area (Å²) in [5.74, 6) is 0. The number of carbonyl (C=O) groups is 1. The van der Waals surface area contributed by atoms with Gasteiger partial charge in [0.2, 0.25) is 0 Å². The predicted octanol–water partition coefficient (Wildman–Crippen LogP) is 1.76. The zero-order valence-electron chi connectivity index (χ0n) is 7.51. The molecule has 0 aliphatic rings. The fraction of sp³-hybridized carbons (Fsp3) is 0. The Morgan fingerprint density at radius 2 is 2.20 bits per heavy atom. The molecule has 1 aromatic carbocycles. The zero-order valence-corrected chi connectivity index (χ0v) is 9.09. The maximum absolute atomic E-state index is 10.3. The van der Waals surface area contributed by atoms with Crippen molar-refractivity contribution >= 4 is 35.7 Å². The van der Waals surface area contributed by atoms with E-state index >= 15 is 0 Å². The van der Waals surface area contributed by atoms with E-state index in [0.29, 0.717) is 5.02 Å². The summed E-state index contributed by atoms with van der Waals surface area (Å²) in [5, 5.41) is 0.588. The Morgan fingerprint density at radius 1 is 1.47 bits per heavy atom. The minimum Gasteiger partial charge on any atom is -0.376 e. The normalized spacial score (nSPS) is 11.1. The Hall–Kier alpha value is -1.40. The third-order valence-corrected chi connectivity index (χ3v) is 2.21. The first kappa shape index (κ1) is 11.7. The lowest BCUT2D eigenvalue weighted by atomic mass is 10.4. The molecule has 0 radical (unpaired) electrons. The summed E-state index contributed by atoms with van der Waals surface area (Å²) in [7, 11) is 0. The van der Waals surface area contributed by atoms with Crippen LogP contribution in [0.2, 0.25) is 5.02 Å². The highest BCUT2D eigenvalue weighted by Crippen LogP contribution is 2.22. The van der Waals surface area contributed by atoms with E-state index in [0.717, 1.165) is 16.8 Å². The van der Waals surface area contributed by atoms with Gasteiger partial charge in [-0.2, -0.15) is 4.40 Å². The number of amides is 1. The van der Waals surface area contributed by atoms with Gasteiger partial charge in [-0.25, -0.2) is 4.79 Å². The van der Waals surface area contributed by atoms with Crippen LogP contribution in [-0.4, -0.2) is 12.1 Å². The van der Waals surface area contributed by atoms with Crippen LogP contribution >= 0.6 is 23.5 Å². The quantitative estimate of drug-likeness (QED) is 0.472. The fourth-order valence-electron chi connectivity index (χ4n) is 0.743. The van der Waals surface area contributed by atoms with E-state index in [4.69, 9.17) is 23.1 Å². The third-order valence-electron chi connectivity index (χ3n) is 1.24. The van der Waals surface area contributed by atoms with E-state index in [9.17, 15) is 4.79 Å². The molecule has 0 heterocycles. The van der Waals surface area contributed by atoms with Crippen molar-refractivity contribution < 1.29 is 9.53 Å². The van der Waals surface area contributed by atoms with Crippen molar-refractivity contribution in [2.24, 2.45) is 15.9 Å². The Labute approximate surface area is 95.6 Å². The number of hydrogen-bond donors (Lipinski definition) is 2. The molecule has 4 N–H and O–H groups in total. The predicted molar refractivity (Wildman–Crippen MR) is 59.6 cm³/mol. The monoisotopic (exact) mass is 245 g/mol. The molecule has 0 atom stereocenters. The molecule has 0 aromatic heterocycles. The largest absolute Gasteiger partial charge is 0.412 e. The molecule has 0 bridgehead atoms. The number of amidine groups is 1. The molecule has 0 aliphatic heterocycles. The smallest absolute Gasteiger partial charge is 0.376 e. The average molecular weight is 246 g/mol. The molecule has 0 spiro atoms. The van der Waals surface area contributed by atoms with E-state index in [1.165, 1.54) is 0 Å². The minimum absolute atomic E-state index is 0.299. The summed E-state index contributed by atoms with van der Waals surface area (Å²) in [6.45, 7) is 0. The molecule has 80 valence electrons. The van der Waals surface area contributed by atoms with E-state index < -0.39 is 6.09 Å². The highest BCUT2D eigenvalue weighted by Gasteiger charge is 1.99. The topological polar surface area (TPSA) is 90.7 Å². The van der Waals surface area contributed by atoms with Crippen LogP contribution in [0.25, 0.3) is 0 Å². The van der Waals surface area contributed by atoms with Gasteiger partial charge < -0.3 is 16.2 Å². The Bertz CT molecular complexity index is 397. The average Bonchev–Trinajstić information content (AvgIpc) is 2.14. The van der Waals surface area contributed by atoms with Crippen LogP contribution in [0.3, 0.4) is 0 Å². The van der Waals surface area contributed by atoms with Crippen LogP contribution in [0.5, 0.6) is 0 Å². The second-order valence-corrected chi connectivity index (χ2v) is 3.67. The molecular formula is C8H8ClN3O2S. The highest BCUT2D eigenvalue weighted by atomic mass is 35.5. The first-order valence-corrected chi connectivity index (χ1v) is 4.96. The number of benzene rings is 1. The van der Waals surface area contributed by atoms with Gasteiger partial charge in [0, 0.05) is 21.9 Å². The Balaban J connectivity index is 2.59. The summed E-state index contributed by atoms with van der Waals surface area (Å²) < 4.78 is 8.02. The van der Waals surface area contributed by atoms with Gasteiger partial charge in [-0.05, 0) is 18.2 Å². The molecule has 1 amide bonds. The van der Waals surface area contributed by atoms with Gasteiger partial charge in [0.25, 0.3) is 0 Å².